The Morgan fingerprint density at radius 3 is 2.80 bits per heavy atom. The lowest BCUT2D eigenvalue weighted by Gasteiger charge is -2.36. The summed E-state index contributed by atoms with van der Waals surface area (Å²) >= 11 is 1.83. The topological polar surface area (TPSA) is 23.6 Å². The van der Waals surface area contributed by atoms with Crippen molar-refractivity contribution in [1.82, 2.24) is 9.80 Å². The van der Waals surface area contributed by atoms with Crippen molar-refractivity contribution in [3.63, 3.8) is 0 Å². The van der Waals surface area contributed by atoms with E-state index in [1.807, 2.05) is 17.4 Å². The molecule has 0 radical (unpaired) electrons. The minimum Gasteiger partial charge on any atom is -0.339 e. The molecule has 0 aliphatic carbocycles. The summed E-state index contributed by atoms with van der Waals surface area (Å²) in [6, 6.07) is 4.77. The quantitative estimate of drug-likeness (QED) is 0.796. The summed E-state index contributed by atoms with van der Waals surface area (Å²) < 4.78 is 0. The van der Waals surface area contributed by atoms with Crippen LogP contribution >= 0.6 is 11.3 Å². The van der Waals surface area contributed by atoms with Gasteiger partial charge in [0.2, 0.25) is 5.91 Å². The third-order valence-electron chi connectivity index (χ3n) is 4.48. The highest BCUT2D eigenvalue weighted by molar-refractivity contribution is 7.09. The van der Waals surface area contributed by atoms with Crippen LogP contribution in [0, 0.1) is 5.92 Å². The Morgan fingerprint density at radius 2 is 2.20 bits per heavy atom. The smallest absolute Gasteiger partial charge is 0.223 e. The number of rotatable bonds is 4. The number of amides is 1. The van der Waals surface area contributed by atoms with Gasteiger partial charge in [-0.15, -0.1) is 17.9 Å². The van der Waals surface area contributed by atoms with Gasteiger partial charge in [-0.3, -0.25) is 9.69 Å². The number of hydrogen-bond acceptors (Lipinski definition) is 3. The molecule has 2 fully saturated rings. The lowest BCUT2D eigenvalue weighted by molar-refractivity contribution is -0.130. The van der Waals surface area contributed by atoms with Gasteiger partial charge in [-0.1, -0.05) is 12.1 Å². The molecule has 3 nitrogen and oxygen atoms in total. The number of thiophene rings is 1. The van der Waals surface area contributed by atoms with Gasteiger partial charge < -0.3 is 4.90 Å². The van der Waals surface area contributed by atoms with Gasteiger partial charge in [-0.05, 0) is 24.3 Å². The van der Waals surface area contributed by atoms with Crippen molar-refractivity contribution >= 4 is 17.2 Å². The molecular formula is C16H22N2OS. The monoisotopic (exact) mass is 290 g/mol. The van der Waals surface area contributed by atoms with Crippen molar-refractivity contribution in [2.45, 2.75) is 31.8 Å². The van der Waals surface area contributed by atoms with Gasteiger partial charge in [0.05, 0.1) is 0 Å². The summed E-state index contributed by atoms with van der Waals surface area (Å²) in [4.78, 5) is 18.1. The second-order valence-corrected chi connectivity index (χ2v) is 6.86. The molecule has 0 spiro atoms. The maximum Gasteiger partial charge on any atom is 0.223 e. The van der Waals surface area contributed by atoms with Crippen LogP contribution in [0.4, 0.5) is 0 Å². The lowest BCUT2D eigenvalue weighted by Crippen LogP contribution is -2.45. The standard InChI is InChI=1S/C16H22N2OS/c1-2-13-10-16(19)18(11-13)14-5-7-17(8-6-14)12-15-4-3-9-20-15/h2-4,9,13-14H,1,5-8,10-12H2. The van der Waals surface area contributed by atoms with Gasteiger partial charge >= 0.3 is 0 Å². The van der Waals surface area contributed by atoms with Crippen LogP contribution in [0.3, 0.4) is 0 Å². The molecule has 108 valence electrons. The van der Waals surface area contributed by atoms with E-state index in [2.05, 4.69) is 33.9 Å². The van der Waals surface area contributed by atoms with E-state index >= 15 is 0 Å². The van der Waals surface area contributed by atoms with E-state index in [4.69, 9.17) is 0 Å². The molecule has 1 unspecified atom stereocenters. The van der Waals surface area contributed by atoms with Gasteiger partial charge in [0, 0.05) is 49.4 Å². The Morgan fingerprint density at radius 1 is 1.40 bits per heavy atom. The first-order valence-electron chi connectivity index (χ1n) is 7.43. The van der Waals surface area contributed by atoms with E-state index in [0.717, 1.165) is 39.0 Å². The van der Waals surface area contributed by atoms with Crippen LogP contribution in [0.5, 0.6) is 0 Å². The molecule has 3 rings (SSSR count). The summed E-state index contributed by atoms with van der Waals surface area (Å²) in [5.74, 6) is 0.693. The fourth-order valence-electron chi connectivity index (χ4n) is 3.28. The minimum absolute atomic E-state index is 0.326. The molecule has 0 aromatic carbocycles. The van der Waals surface area contributed by atoms with Crippen LogP contribution in [0.25, 0.3) is 0 Å². The van der Waals surface area contributed by atoms with Crippen LogP contribution < -0.4 is 0 Å². The van der Waals surface area contributed by atoms with Gasteiger partial charge in [0.25, 0.3) is 0 Å². The normalized spacial score (nSPS) is 25.3. The van der Waals surface area contributed by atoms with E-state index in [1.165, 1.54) is 4.88 Å². The average Bonchev–Trinajstić information content (AvgIpc) is 3.09. The summed E-state index contributed by atoms with van der Waals surface area (Å²) in [6.45, 7) is 7.98. The van der Waals surface area contributed by atoms with Crippen LogP contribution in [0.1, 0.15) is 24.1 Å². The Hall–Kier alpha value is -1.13. The fraction of sp³-hybridized carbons (Fsp3) is 0.562. The maximum atomic E-state index is 12.0. The molecule has 20 heavy (non-hydrogen) atoms. The van der Waals surface area contributed by atoms with Crippen molar-refractivity contribution in [3.8, 4) is 0 Å². The van der Waals surface area contributed by atoms with Crippen molar-refractivity contribution < 1.29 is 4.79 Å². The highest BCUT2D eigenvalue weighted by Gasteiger charge is 2.34. The van der Waals surface area contributed by atoms with Gasteiger partial charge in [-0.25, -0.2) is 0 Å². The zero-order valence-corrected chi connectivity index (χ0v) is 12.6. The Bertz CT molecular complexity index is 463. The molecule has 1 atom stereocenters. The highest BCUT2D eigenvalue weighted by atomic mass is 32.1. The summed E-state index contributed by atoms with van der Waals surface area (Å²) in [7, 11) is 0. The number of likely N-dealkylation sites (tertiary alicyclic amines) is 2. The molecular weight excluding hydrogens is 268 g/mol. The Balaban J connectivity index is 1.51. The Labute approximate surface area is 124 Å². The van der Waals surface area contributed by atoms with Gasteiger partial charge in [0.15, 0.2) is 0 Å². The number of carbonyl (C=O) groups excluding carboxylic acids is 1. The summed E-state index contributed by atoms with van der Waals surface area (Å²) in [5.41, 5.74) is 0. The highest BCUT2D eigenvalue weighted by Crippen LogP contribution is 2.26. The molecule has 0 saturated carbocycles. The molecule has 0 N–H and O–H groups in total. The van der Waals surface area contributed by atoms with Crippen molar-refractivity contribution in [2.24, 2.45) is 5.92 Å². The zero-order valence-electron chi connectivity index (χ0n) is 11.8. The van der Waals surface area contributed by atoms with Crippen molar-refractivity contribution in [3.05, 3.63) is 35.0 Å². The van der Waals surface area contributed by atoms with E-state index in [9.17, 15) is 4.79 Å². The van der Waals surface area contributed by atoms with Crippen molar-refractivity contribution in [1.29, 1.82) is 0 Å². The molecule has 1 amide bonds. The number of carbonyl (C=O) groups is 1. The van der Waals surface area contributed by atoms with Crippen LogP contribution in [-0.4, -0.2) is 41.4 Å². The largest absolute Gasteiger partial charge is 0.339 e. The third-order valence-corrected chi connectivity index (χ3v) is 5.34. The lowest BCUT2D eigenvalue weighted by atomic mass is 10.0. The van der Waals surface area contributed by atoms with E-state index in [1.54, 1.807) is 0 Å². The van der Waals surface area contributed by atoms with Crippen molar-refractivity contribution in [2.75, 3.05) is 19.6 Å². The molecule has 3 heterocycles. The second-order valence-electron chi connectivity index (χ2n) is 5.83. The maximum absolute atomic E-state index is 12.0. The third kappa shape index (κ3) is 2.96. The predicted molar refractivity (Wildman–Crippen MR) is 82.6 cm³/mol. The zero-order chi connectivity index (χ0) is 13.9. The Kier molecular flexibility index (Phi) is 4.22. The average molecular weight is 290 g/mol. The first-order valence-corrected chi connectivity index (χ1v) is 8.31. The number of nitrogens with zero attached hydrogens (tertiary/aromatic N) is 2. The molecule has 2 aliphatic heterocycles. The molecule has 2 saturated heterocycles. The predicted octanol–water partition coefficient (Wildman–Crippen LogP) is 2.75. The van der Waals surface area contributed by atoms with E-state index in [0.29, 0.717) is 24.3 Å². The first kappa shape index (κ1) is 13.8. The van der Waals surface area contributed by atoms with E-state index in [-0.39, 0.29) is 0 Å². The van der Waals surface area contributed by atoms with Gasteiger partial charge in [0.1, 0.15) is 0 Å². The molecule has 1 aromatic heterocycles. The van der Waals surface area contributed by atoms with Crippen LogP contribution in [0.2, 0.25) is 0 Å². The van der Waals surface area contributed by atoms with Crippen LogP contribution in [-0.2, 0) is 11.3 Å². The molecule has 1 aromatic rings. The number of piperidine rings is 1. The molecule has 4 heteroatoms. The minimum atomic E-state index is 0.326. The van der Waals surface area contributed by atoms with Crippen LogP contribution in [0.15, 0.2) is 30.2 Å². The summed E-state index contributed by atoms with van der Waals surface area (Å²) in [6.07, 6.45) is 4.82. The fourth-order valence-corrected chi connectivity index (χ4v) is 4.03. The second kappa shape index (κ2) is 6.10. The first-order chi connectivity index (χ1) is 9.76. The number of hydrogen-bond donors (Lipinski definition) is 0. The van der Waals surface area contributed by atoms with E-state index < -0.39 is 0 Å². The summed E-state index contributed by atoms with van der Waals surface area (Å²) in [5, 5.41) is 2.14. The molecule has 0 bridgehead atoms. The molecule has 2 aliphatic rings. The van der Waals surface area contributed by atoms with Gasteiger partial charge in [-0.2, -0.15) is 0 Å². The SMILES string of the molecule is C=CC1CC(=O)N(C2CCN(Cc3cccs3)CC2)C1.